The highest BCUT2D eigenvalue weighted by molar-refractivity contribution is 5.27. The Balaban J connectivity index is 1.79. The second-order valence-corrected chi connectivity index (χ2v) is 9.19. The van der Waals surface area contributed by atoms with Crippen LogP contribution in [0.3, 0.4) is 0 Å². The summed E-state index contributed by atoms with van der Waals surface area (Å²) in [5, 5.41) is 42.6. The predicted octanol–water partition coefficient (Wildman–Crippen LogP) is 2.41. The summed E-state index contributed by atoms with van der Waals surface area (Å²) in [6.07, 6.45) is 3.11. The summed E-state index contributed by atoms with van der Waals surface area (Å²) >= 11 is 0. The number of fused-ring (bicyclic) bond motifs is 2. The third kappa shape index (κ3) is 1.07. The maximum absolute atomic E-state index is 12.7. The number of hydrogen-bond donors (Lipinski definition) is 0. The molecule has 4 unspecified atom stereocenters. The molecular formula is C16H24N4O3. The van der Waals surface area contributed by atoms with Gasteiger partial charge >= 0.3 is 0 Å². The minimum atomic E-state index is -0.715. The van der Waals surface area contributed by atoms with E-state index in [1.807, 2.05) is 13.8 Å². The van der Waals surface area contributed by atoms with E-state index >= 15 is 0 Å². The van der Waals surface area contributed by atoms with Crippen molar-refractivity contribution in [2.75, 3.05) is 0 Å². The van der Waals surface area contributed by atoms with Crippen LogP contribution in [0, 0.1) is 44.7 Å². The van der Waals surface area contributed by atoms with Crippen molar-refractivity contribution in [1.29, 1.82) is 0 Å². The van der Waals surface area contributed by atoms with Crippen LogP contribution in [0.25, 0.3) is 0 Å². The molecule has 6 rings (SSSR count). The van der Waals surface area contributed by atoms with Gasteiger partial charge in [-0.3, -0.25) is 0 Å². The lowest BCUT2D eigenvalue weighted by Crippen LogP contribution is -2.69. The highest BCUT2D eigenvalue weighted by Gasteiger charge is 2.89. The van der Waals surface area contributed by atoms with Crippen LogP contribution < -0.4 is 0 Å². The Morgan fingerprint density at radius 2 is 1.39 bits per heavy atom. The molecule has 0 radical (unpaired) electrons. The first-order valence-electron chi connectivity index (χ1n) is 8.81. The lowest BCUT2D eigenvalue weighted by Gasteiger charge is -2.49. The lowest BCUT2D eigenvalue weighted by molar-refractivity contribution is -1.03. The molecule has 0 amide bonds. The van der Waals surface area contributed by atoms with Crippen molar-refractivity contribution < 1.29 is 14.6 Å². The van der Waals surface area contributed by atoms with E-state index in [0.717, 1.165) is 24.1 Å². The van der Waals surface area contributed by atoms with Gasteiger partial charge in [0.1, 0.15) is 11.5 Å². The van der Waals surface area contributed by atoms with E-state index in [-0.39, 0.29) is 41.2 Å². The average molecular weight is 320 g/mol. The van der Waals surface area contributed by atoms with Gasteiger partial charge in [0.2, 0.25) is 17.6 Å². The third-order valence-electron chi connectivity index (χ3n) is 8.85. The van der Waals surface area contributed by atoms with E-state index in [9.17, 15) is 15.6 Å². The Morgan fingerprint density at radius 3 is 1.96 bits per heavy atom. The molecule has 7 nitrogen and oxygen atoms in total. The largest absolute Gasteiger partial charge is 0.599 e. The number of hydrogen-bond acceptors (Lipinski definition) is 4. The number of azo groups is 2. The second-order valence-electron chi connectivity index (χ2n) is 9.19. The lowest BCUT2D eigenvalue weighted by atomic mass is 9.58. The molecule has 8 atom stereocenters. The van der Waals surface area contributed by atoms with Gasteiger partial charge < -0.3 is 15.6 Å². The molecule has 3 aliphatic heterocycles. The number of rotatable bonds is 0. The molecule has 23 heavy (non-hydrogen) atoms. The Hall–Kier alpha value is -1.40. The second kappa shape index (κ2) is 3.49. The molecule has 126 valence electrons. The normalized spacial score (nSPS) is 58.3. The van der Waals surface area contributed by atoms with Gasteiger partial charge in [-0.1, -0.05) is 25.1 Å². The molecule has 0 aromatic heterocycles. The van der Waals surface area contributed by atoms with E-state index in [1.165, 1.54) is 0 Å². The van der Waals surface area contributed by atoms with E-state index in [1.54, 1.807) is 0 Å². The first-order chi connectivity index (χ1) is 10.7. The summed E-state index contributed by atoms with van der Waals surface area (Å²) in [5.74, 6) is 0.465. The first-order valence-corrected chi connectivity index (χ1v) is 8.81. The molecule has 0 aromatic carbocycles. The fraction of sp³-hybridized carbons (Fsp3) is 1.00. The van der Waals surface area contributed by atoms with Crippen LogP contribution in [0.1, 0.15) is 47.0 Å². The van der Waals surface area contributed by atoms with Crippen molar-refractivity contribution in [3.05, 3.63) is 15.6 Å². The molecule has 3 fully saturated rings. The molecule has 7 heteroatoms. The Morgan fingerprint density at radius 1 is 0.870 bits per heavy atom. The van der Waals surface area contributed by atoms with E-state index < -0.39 is 11.1 Å². The quantitative estimate of drug-likeness (QED) is 0.507. The number of hydroxylamine groups is 3. The molecule has 3 saturated carbocycles. The fourth-order valence-electron chi connectivity index (χ4n) is 7.25. The summed E-state index contributed by atoms with van der Waals surface area (Å²) in [7, 11) is 0. The van der Waals surface area contributed by atoms with Crippen LogP contribution in [0.5, 0.6) is 0 Å². The molecule has 3 aliphatic carbocycles. The topological polar surface area (TPSA) is 90.6 Å². The van der Waals surface area contributed by atoms with Crippen LogP contribution in [0.4, 0.5) is 0 Å². The predicted molar refractivity (Wildman–Crippen MR) is 79.3 cm³/mol. The van der Waals surface area contributed by atoms with Crippen LogP contribution >= 0.6 is 0 Å². The van der Waals surface area contributed by atoms with Gasteiger partial charge in [-0.2, -0.15) is 0 Å². The summed E-state index contributed by atoms with van der Waals surface area (Å²) in [6.45, 7) is 8.17. The average Bonchev–Trinajstić information content (AvgIpc) is 3.05. The minimum absolute atomic E-state index is 0.000231. The summed E-state index contributed by atoms with van der Waals surface area (Å²) in [5.41, 5.74) is -1.65. The molecule has 6 aliphatic rings. The Bertz CT molecular complexity index is 689. The molecule has 0 N–H and O–H groups in total. The monoisotopic (exact) mass is 320 g/mol. The molecule has 3 heterocycles. The highest BCUT2D eigenvalue weighted by atomic mass is 16.6. The molecular weight excluding hydrogens is 296 g/mol. The van der Waals surface area contributed by atoms with Gasteiger partial charge in [0, 0.05) is 28.5 Å². The molecule has 0 saturated heterocycles. The maximum Gasteiger partial charge on any atom is 0.242 e. The smallest absolute Gasteiger partial charge is 0.242 e. The van der Waals surface area contributed by atoms with Crippen LogP contribution in [-0.4, -0.2) is 37.7 Å². The van der Waals surface area contributed by atoms with Crippen molar-refractivity contribution >= 4 is 0 Å². The van der Waals surface area contributed by atoms with Crippen molar-refractivity contribution in [1.82, 2.24) is 0 Å². The zero-order valence-corrected chi connectivity index (χ0v) is 14.1. The van der Waals surface area contributed by atoms with Crippen molar-refractivity contribution in [2.45, 2.75) is 70.1 Å². The minimum Gasteiger partial charge on any atom is -0.599 e. The van der Waals surface area contributed by atoms with Crippen molar-refractivity contribution in [2.24, 2.45) is 34.2 Å². The van der Waals surface area contributed by atoms with Gasteiger partial charge in [-0.25, -0.2) is 0 Å². The van der Waals surface area contributed by atoms with Crippen molar-refractivity contribution in [3.8, 4) is 0 Å². The van der Waals surface area contributed by atoms with Crippen LogP contribution in [-0.2, 0) is 0 Å². The van der Waals surface area contributed by atoms with Gasteiger partial charge in [0.05, 0.1) is 11.3 Å². The van der Waals surface area contributed by atoms with Gasteiger partial charge in [-0.15, -0.1) is 0 Å². The van der Waals surface area contributed by atoms with Crippen LogP contribution in [0.2, 0.25) is 0 Å². The van der Waals surface area contributed by atoms with Gasteiger partial charge in [0.15, 0.2) is 0 Å². The standard InChI is InChI=1S/C16H24N4O3/c1-14(2)15(3)10-11(16(14,4)20(23)17-15)13-9-7-5-6-8(9)12(10)18(21)19(13)22/h8-13H,5-7H2,1-4H3/t8-,9?,10?,11-,12?,13+,15?,16+/m0/s1. The summed E-state index contributed by atoms with van der Waals surface area (Å²) in [6, 6.07) is -0.688. The maximum atomic E-state index is 12.7. The zero-order valence-electron chi connectivity index (χ0n) is 14.1. The summed E-state index contributed by atoms with van der Waals surface area (Å²) in [4.78, 5) is 2.26. The molecule has 0 spiro atoms. The first kappa shape index (κ1) is 14.0. The molecule has 0 aromatic rings. The summed E-state index contributed by atoms with van der Waals surface area (Å²) < 4.78 is 0. The Kier molecular flexibility index (Phi) is 2.12. The zero-order chi connectivity index (χ0) is 16.5. The van der Waals surface area contributed by atoms with E-state index in [4.69, 9.17) is 0 Å². The van der Waals surface area contributed by atoms with Gasteiger partial charge in [-0.05, 0) is 24.9 Å². The van der Waals surface area contributed by atoms with Crippen LogP contribution in [0.15, 0.2) is 5.11 Å². The SMILES string of the molecule is CC12N=[N+]([O-])[C@](C)([C@H]3C1C1[C@H]4CCCC4[C@H]3[N+]([O-])=[N+]1[O-])C2(C)C. The van der Waals surface area contributed by atoms with Gasteiger partial charge in [0.25, 0.3) is 0 Å². The van der Waals surface area contributed by atoms with E-state index in [0.29, 0.717) is 9.72 Å². The van der Waals surface area contributed by atoms with E-state index in [2.05, 4.69) is 19.0 Å². The van der Waals surface area contributed by atoms with Crippen molar-refractivity contribution in [3.63, 3.8) is 0 Å². The fourth-order valence-corrected chi connectivity index (χ4v) is 7.25. The molecule has 4 bridgehead atoms. The highest BCUT2D eigenvalue weighted by Crippen LogP contribution is 2.72. The third-order valence-corrected chi connectivity index (χ3v) is 8.85. The Labute approximate surface area is 135 Å². The number of nitrogens with zero attached hydrogens (tertiary/aromatic N) is 4.